The summed E-state index contributed by atoms with van der Waals surface area (Å²) in [4.78, 5) is 13.8. The fourth-order valence-corrected chi connectivity index (χ4v) is 6.95. The van der Waals surface area contributed by atoms with Crippen molar-refractivity contribution < 1.29 is 29.6 Å². The Labute approximate surface area is 321 Å². The van der Waals surface area contributed by atoms with Crippen LogP contribution >= 0.6 is 27.5 Å². The number of carboxylic acid groups (broad SMARTS) is 1. The molecule has 4 aromatic rings. The molecular weight excluding hydrogens is 766 g/mol. The minimum Gasteiger partial charge on any atom is -0.488 e. The number of fused-ring (bicyclic) bond motifs is 1. The first kappa shape index (κ1) is 39.7. The van der Waals surface area contributed by atoms with E-state index in [1.54, 1.807) is 12.1 Å². The minimum absolute atomic E-state index is 0.0164. The lowest BCUT2D eigenvalue weighted by Crippen LogP contribution is -2.39. The van der Waals surface area contributed by atoms with Crippen molar-refractivity contribution >= 4 is 50.6 Å². The van der Waals surface area contributed by atoms with E-state index in [4.69, 9.17) is 36.8 Å². The number of nitrogens with zero attached hydrogens (tertiary/aromatic N) is 4. The highest BCUT2D eigenvalue weighted by Gasteiger charge is 2.21. The van der Waals surface area contributed by atoms with Gasteiger partial charge in [-0.25, -0.2) is 0 Å². The van der Waals surface area contributed by atoms with Crippen LogP contribution in [0.4, 0.5) is 0 Å². The lowest BCUT2D eigenvalue weighted by molar-refractivity contribution is -0.140. The molecule has 2 heterocycles. The number of hydrogen-bond acceptors (Lipinski definition) is 11. The number of likely N-dealkylation sites (tertiary alicyclic amines) is 1. The topological polar surface area (TPSA) is 189 Å². The largest absolute Gasteiger partial charge is 0.488 e. The van der Waals surface area contributed by atoms with Crippen LogP contribution in [-0.4, -0.2) is 93.7 Å². The molecule has 1 saturated heterocycles. The van der Waals surface area contributed by atoms with Crippen LogP contribution in [0.2, 0.25) is 5.02 Å². The van der Waals surface area contributed by atoms with Gasteiger partial charge in [-0.3, -0.25) is 14.8 Å². The highest BCUT2D eigenvalue weighted by atomic mass is 79.9. The Morgan fingerprint density at radius 2 is 1.94 bits per heavy atom. The first-order valence-corrected chi connectivity index (χ1v) is 18.5. The number of nitriles is 1. The fraction of sp³-hybridized carbons (Fsp3) is 0.368. The summed E-state index contributed by atoms with van der Waals surface area (Å²) in [6.07, 6.45) is 7.19. The summed E-state index contributed by atoms with van der Waals surface area (Å²) in [5.41, 5.74) is 4.90. The molecule has 0 aliphatic carbocycles. The van der Waals surface area contributed by atoms with Gasteiger partial charge in [0.25, 0.3) is 0 Å². The SMILES string of the molecule is N#CCN/C=C(\C=N)COc1cc(OCc2cccc(-c3cccc4c3cnn4CCCCN3CC[C@@H](O)C3)c2Br)c(Cl)cc1CN[C@@H](CO)C(=O)O. The first-order chi connectivity index (χ1) is 25.7. The molecule has 6 N–H and O–H groups in total. The van der Waals surface area contributed by atoms with Gasteiger partial charge in [0.15, 0.2) is 0 Å². The molecule has 280 valence electrons. The second kappa shape index (κ2) is 19.5. The van der Waals surface area contributed by atoms with Crippen LogP contribution in [0.1, 0.15) is 30.4 Å². The number of aliphatic carboxylic acids is 1. The summed E-state index contributed by atoms with van der Waals surface area (Å²) >= 11 is 10.5. The maximum absolute atomic E-state index is 11.5. The average Bonchev–Trinajstić information content (AvgIpc) is 3.77. The Morgan fingerprint density at radius 1 is 1.15 bits per heavy atom. The third-order valence-electron chi connectivity index (χ3n) is 8.96. The van der Waals surface area contributed by atoms with E-state index in [9.17, 15) is 20.1 Å². The molecule has 1 aliphatic heterocycles. The summed E-state index contributed by atoms with van der Waals surface area (Å²) in [6, 6.07) is 16.1. The second-order valence-corrected chi connectivity index (χ2v) is 13.9. The number of rotatable bonds is 20. The lowest BCUT2D eigenvalue weighted by atomic mass is 10.00. The number of aryl methyl sites for hydroxylation is 1. The van der Waals surface area contributed by atoms with Crippen LogP contribution in [-0.2, 0) is 24.5 Å². The molecule has 0 saturated carbocycles. The van der Waals surface area contributed by atoms with Gasteiger partial charge < -0.3 is 40.4 Å². The molecule has 53 heavy (non-hydrogen) atoms. The number of halogens is 2. The molecule has 5 rings (SSSR count). The standard InChI is InChI=1S/C38H43BrClN7O6/c39-37-26(5-3-7-30(37)29-6-4-8-34-31(29)20-45-47(34)13-2-1-12-46-14-9-28(49)21-46)24-53-36-16-35(52-23-25(17-42)18-43-11-10-41)27(15-32(36)40)19-44-33(22-48)38(50)51/h3-8,15-18,20,28,33,42-44,48-49H,1-2,9,11-14,19,21-24H2,(H,50,51)/b25-18+,42-17?/t28-,33+/m1/s1. The van der Waals surface area contributed by atoms with Gasteiger partial charge in [-0.05, 0) is 65.0 Å². The van der Waals surface area contributed by atoms with Gasteiger partial charge in [-0.1, -0.05) is 41.9 Å². The van der Waals surface area contributed by atoms with Gasteiger partial charge in [0, 0.05) is 71.2 Å². The van der Waals surface area contributed by atoms with E-state index in [1.165, 1.54) is 6.20 Å². The zero-order valence-electron chi connectivity index (χ0n) is 29.1. The smallest absolute Gasteiger partial charge is 0.323 e. The molecule has 0 radical (unpaired) electrons. The normalized spacial score (nSPS) is 15.3. The number of β-amino-alcohol motifs (C(OH)–C–C–N with tert-alkyl or cyclic N) is 1. The Morgan fingerprint density at radius 3 is 2.68 bits per heavy atom. The van der Waals surface area contributed by atoms with Gasteiger partial charge >= 0.3 is 5.97 Å². The van der Waals surface area contributed by atoms with E-state index < -0.39 is 18.6 Å². The molecule has 1 aliphatic rings. The predicted octanol–water partition coefficient (Wildman–Crippen LogP) is 5.11. The molecule has 2 atom stereocenters. The zero-order valence-corrected chi connectivity index (χ0v) is 31.4. The lowest BCUT2D eigenvalue weighted by Gasteiger charge is -2.18. The number of hydrogen-bond donors (Lipinski definition) is 6. The molecule has 0 amide bonds. The number of carbonyl (C=O) groups is 1. The van der Waals surface area contributed by atoms with Crippen molar-refractivity contribution in [1.29, 1.82) is 10.7 Å². The number of benzene rings is 3. The number of carboxylic acids is 1. The number of nitrogens with one attached hydrogen (secondary N) is 3. The van der Waals surface area contributed by atoms with Crippen LogP contribution in [0.5, 0.6) is 11.5 Å². The third-order valence-corrected chi connectivity index (χ3v) is 10.2. The van der Waals surface area contributed by atoms with Gasteiger partial charge in [-0.15, -0.1) is 0 Å². The molecule has 0 bridgehead atoms. The van der Waals surface area contributed by atoms with Gasteiger partial charge in [-0.2, -0.15) is 10.4 Å². The highest BCUT2D eigenvalue weighted by molar-refractivity contribution is 9.10. The average molecular weight is 809 g/mol. The molecule has 3 aromatic carbocycles. The Bertz CT molecular complexity index is 1970. The fourth-order valence-electron chi connectivity index (χ4n) is 6.12. The van der Waals surface area contributed by atoms with Crippen molar-refractivity contribution in [2.45, 2.75) is 51.1 Å². The van der Waals surface area contributed by atoms with Crippen molar-refractivity contribution in [2.75, 3.05) is 39.4 Å². The minimum atomic E-state index is -1.21. The van der Waals surface area contributed by atoms with E-state index in [1.807, 2.05) is 36.5 Å². The number of aliphatic hydroxyl groups excluding tert-OH is 2. The maximum Gasteiger partial charge on any atom is 0.323 e. The molecule has 0 unspecified atom stereocenters. The van der Waals surface area contributed by atoms with Gasteiger partial charge in [0.05, 0.1) is 35.5 Å². The summed E-state index contributed by atoms with van der Waals surface area (Å²) in [5.74, 6) is -0.548. The Balaban J connectivity index is 1.32. The number of unbranched alkanes of at least 4 members (excludes halogenated alkanes) is 1. The van der Waals surface area contributed by atoms with E-state index in [0.717, 1.165) is 83.7 Å². The van der Waals surface area contributed by atoms with Crippen molar-refractivity contribution in [3.05, 3.63) is 87.1 Å². The molecule has 0 spiro atoms. The number of ether oxygens (including phenoxy) is 2. The first-order valence-electron chi connectivity index (χ1n) is 17.3. The van der Waals surface area contributed by atoms with Gasteiger partial charge in [0.1, 0.15) is 37.3 Å². The summed E-state index contributed by atoms with van der Waals surface area (Å²) in [5, 5.41) is 56.8. The van der Waals surface area contributed by atoms with Crippen LogP contribution in [0, 0.1) is 16.7 Å². The van der Waals surface area contributed by atoms with Crippen molar-refractivity contribution in [1.82, 2.24) is 25.3 Å². The second-order valence-electron chi connectivity index (χ2n) is 12.7. The third kappa shape index (κ3) is 10.6. The van der Waals surface area contributed by atoms with Crippen LogP contribution in [0.25, 0.3) is 22.0 Å². The predicted molar refractivity (Wildman–Crippen MR) is 206 cm³/mol. The van der Waals surface area contributed by atoms with Crippen LogP contribution < -0.4 is 20.1 Å². The number of aromatic nitrogens is 2. The summed E-state index contributed by atoms with van der Waals surface area (Å²) in [7, 11) is 0. The molecule has 13 nitrogen and oxygen atoms in total. The van der Waals surface area contributed by atoms with Crippen LogP contribution in [0.3, 0.4) is 0 Å². The molecule has 15 heteroatoms. The van der Waals surface area contributed by atoms with Crippen LogP contribution in [0.15, 0.2) is 71.0 Å². The molecule has 1 aromatic heterocycles. The summed E-state index contributed by atoms with van der Waals surface area (Å²) in [6.45, 7) is 3.10. The van der Waals surface area contributed by atoms with E-state index in [2.05, 4.69) is 48.3 Å². The molecule has 1 fully saturated rings. The van der Waals surface area contributed by atoms with E-state index >= 15 is 0 Å². The Hall–Kier alpha value is -4.49. The van der Waals surface area contributed by atoms with E-state index in [0.29, 0.717) is 22.6 Å². The van der Waals surface area contributed by atoms with E-state index in [-0.39, 0.29) is 37.4 Å². The van der Waals surface area contributed by atoms with Crippen molar-refractivity contribution in [2.24, 2.45) is 0 Å². The molecular formula is C38H43BrClN7O6. The van der Waals surface area contributed by atoms with Gasteiger partial charge in [0.2, 0.25) is 0 Å². The van der Waals surface area contributed by atoms with Crippen molar-refractivity contribution in [3.8, 4) is 28.7 Å². The maximum atomic E-state index is 11.5. The zero-order chi connectivity index (χ0) is 37.7. The quantitative estimate of drug-likeness (QED) is 0.0396. The number of aliphatic hydroxyl groups is 2. The summed E-state index contributed by atoms with van der Waals surface area (Å²) < 4.78 is 15.2. The Kier molecular flexibility index (Phi) is 14.6. The highest BCUT2D eigenvalue weighted by Crippen LogP contribution is 2.38. The monoisotopic (exact) mass is 807 g/mol. The van der Waals surface area contributed by atoms with Crippen molar-refractivity contribution in [3.63, 3.8) is 0 Å².